The van der Waals surface area contributed by atoms with Crippen LogP contribution in [0.2, 0.25) is 5.02 Å². The topological polar surface area (TPSA) is 56.0 Å². The number of nitrogens with two attached hydrogens (primary N) is 1. The second-order valence-corrected chi connectivity index (χ2v) is 5.36. The van der Waals surface area contributed by atoms with Gasteiger partial charge in [-0.25, -0.2) is 4.98 Å². The third-order valence-electron chi connectivity index (χ3n) is 3.46. The molecule has 1 fully saturated rings. The van der Waals surface area contributed by atoms with Gasteiger partial charge in [-0.2, -0.15) is 0 Å². The molecule has 4 heteroatoms. The van der Waals surface area contributed by atoms with Gasteiger partial charge in [0, 0.05) is 12.1 Å². The summed E-state index contributed by atoms with van der Waals surface area (Å²) in [5.41, 5.74) is 6.22. The monoisotopic (exact) mass is 252 g/mol. The van der Waals surface area contributed by atoms with Crippen LogP contribution in [0.1, 0.15) is 43.0 Å². The highest BCUT2D eigenvalue weighted by molar-refractivity contribution is 6.31. The molecule has 0 aromatic carbocycles. The van der Waals surface area contributed by atoms with Crippen LogP contribution >= 0.6 is 11.6 Å². The maximum Gasteiger partial charge on any atom is 0.169 e. The van der Waals surface area contributed by atoms with Crippen LogP contribution in [0.3, 0.4) is 0 Å². The molecule has 0 amide bonds. The molecule has 0 aliphatic heterocycles. The summed E-state index contributed by atoms with van der Waals surface area (Å²) in [6, 6.07) is 1.63. The second kappa shape index (κ2) is 5.05. The fourth-order valence-corrected chi connectivity index (χ4v) is 2.70. The van der Waals surface area contributed by atoms with Gasteiger partial charge < -0.3 is 5.73 Å². The molecule has 0 spiro atoms. The molecule has 0 radical (unpaired) electrons. The van der Waals surface area contributed by atoms with Crippen molar-refractivity contribution in [1.29, 1.82) is 0 Å². The lowest BCUT2D eigenvalue weighted by Crippen LogP contribution is -2.23. The zero-order valence-electron chi connectivity index (χ0n) is 9.95. The number of pyridine rings is 1. The van der Waals surface area contributed by atoms with Gasteiger partial charge in [-0.1, -0.05) is 31.4 Å². The number of carbonyl (C=O) groups is 1. The molecule has 1 heterocycles. The summed E-state index contributed by atoms with van der Waals surface area (Å²) in [5.74, 6) is 1.09. The Balaban J connectivity index is 2.21. The quantitative estimate of drug-likeness (QED) is 0.822. The number of carbonyl (C=O) groups excluding carboxylic acids is 1. The predicted octanol–water partition coefficient (Wildman–Crippen LogP) is 3.33. The van der Waals surface area contributed by atoms with Crippen molar-refractivity contribution >= 4 is 23.2 Å². The number of Topliss-reactive ketones (excluding diaryl/α,β-unsaturated/α-hetero) is 1. The van der Waals surface area contributed by atoms with Gasteiger partial charge in [-0.15, -0.1) is 0 Å². The molecular weight excluding hydrogens is 236 g/mol. The fraction of sp³-hybridized carbons (Fsp3) is 0.538. The lowest BCUT2D eigenvalue weighted by molar-refractivity contribution is 0.0869. The van der Waals surface area contributed by atoms with Crippen molar-refractivity contribution in [3.63, 3.8) is 0 Å². The van der Waals surface area contributed by atoms with E-state index in [2.05, 4.69) is 11.9 Å². The molecule has 2 N–H and O–H groups in total. The lowest BCUT2D eigenvalue weighted by Gasteiger charge is -2.25. The van der Waals surface area contributed by atoms with Crippen molar-refractivity contribution in [2.75, 3.05) is 5.73 Å². The highest BCUT2D eigenvalue weighted by atomic mass is 35.5. The van der Waals surface area contributed by atoms with Crippen LogP contribution in [0, 0.1) is 11.8 Å². The van der Waals surface area contributed by atoms with Gasteiger partial charge in [-0.3, -0.25) is 4.79 Å². The molecular formula is C13H17ClN2O. The standard InChI is InChI=1S/C13H17ClN2O/c1-8-3-2-4-9(5-8)12(17)11-6-10(14)7-16-13(11)15/h6-9H,2-5H2,1H3,(H2,15,16). The van der Waals surface area contributed by atoms with Crippen LogP contribution in [-0.4, -0.2) is 10.8 Å². The van der Waals surface area contributed by atoms with E-state index in [-0.39, 0.29) is 17.5 Å². The minimum Gasteiger partial charge on any atom is -0.383 e. The molecule has 0 saturated heterocycles. The van der Waals surface area contributed by atoms with E-state index in [0.717, 1.165) is 19.3 Å². The smallest absolute Gasteiger partial charge is 0.169 e. The van der Waals surface area contributed by atoms with Gasteiger partial charge in [0.25, 0.3) is 0 Å². The highest BCUT2D eigenvalue weighted by Gasteiger charge is 2.27. The summed E-state index contributed by atoms with van der Waals surface area (Å²) < 4.78 is 0. The van der Waals surface area contributed by atoms with Crippen LogP contribution in [0.5, 0.6) is 0 Å². The van der Waals surface area contributed by atoms with Gasteiger partial charge >= 0.3 is 0 Å². The first-order chi connectivity index (χ1) is 8.08. The van der Waals surface area contributed by atoms with Crippen molar-refractivity contribution in [2.45, 2.75) is 32.6 Å². The van der Waals surface area contributed by atoms with Crippen molar-refractivity contribution in [2.24, 2.45) is 11.8 Å². The minimum atomic E-state index is 0.0846. The van der Waals surface area contributed by atoms with Gasteiger partial charge in [0.15, 0.2) is 5.78 Å². The number of nitrogens with zero attached hydrogens (tertiary/aromatic N) is 1. The number of hydrogen-bond acceptors (Lipinski definition) is 3. The van der Waals surface area contributed by atoms with Crippen LogP contribution in [0.25, 0.3) is 0 Å². The fourth-order valence-electron chi connectivity index (χ4n) is 2.54. The van der Waals surface area contributed by atoms with E-state index >= 15 is 0 Å². The first kappa shape index (κ1) is 12.4. The molecule has 1 aromatic heterocycles. The predicted molar refractivity (Wildman–Crippen MR) is 69.1 cm³/mol. The van der Waals surface area contributed by atoms with E-state index in [1.807, 2.05) is 0 Å². The van der Waals surface area contributed by atoms with E-state index in [1.54, 1.807) is 6.07 Å². The Morgan fingerprint density at radius 3 is 3.00 bits per heavy atom. The third kappa shape index (κ3) is 2.78. The molecule has 1 aromatic rings. The number of aromatic nitrogens is 1. The van der Waals surface area contributed by atoms with Crippen LogP contribution in [-0.2, 0) is 0 Å². The summed E-state index contributed by atoms with van der Waals surface area (Å²) in [5, 5.41) is 0.464. The molecule has 2 atom stereocenters. The molecule has 2 unspecified atom stereocenters. The molecule has 92 valence electrons. The first-order valence-corrected chi connectivity index (χ1v) is 6.41. The molecule has 1 saturated carbocycles. The van der Waals surface area contributed by atoms with Crippen LogP contribution < -0.4 is 5.73 Å². The lowest BCUT2D eigenvalue weighted by atomic mass is 9.79. The van der Waals surface area contributed by atoms with E-state index < -0.39 is 0 Å². The van der Waals surface area contributed by atoms with Gasteiger partial charge in [-0.05, 0) is 24.8 Å². The Morgan fingerprint density at radius 1 is 1.53 bits per heavy atom. The van der Waals surface area contributed by atoms with Crippen LogP contribution in [0.4, 0.5) is 5.82 Å². The van der Waals surface area contributed by atoms with Crippen molar-refractivity contribution in [1.82, 2.24) is 4.98 Å². The molecule has 3 nitrogen and oxygen atoms in total. The maximum atomic E-state index is 12.3. The van der Waals surface area contributed by atoms with E-state index in [9.17, 15) is 4.79 Å². The van der Waals surface area contributed by atoms with Gasteiger partial charge in [0.05, 0.1) is 10.6 Å². The summed E-state index contributed by atoms with van der Waals surface area (Å²) in [6.45, 7) is 2.19. The Bertz CT molecular complexity index is 433. The Hall–Kier alpha value is -1.09. The third-order valence-corrected chi connectivity index (χ3v) is 3.66. The maximum absolute atomic E-state index is 12.3. The number of halogens is 1. The molecule has 1 aliphatic rings. The largest absolute Gasteiger partial charge is 0.383 e. The summed E-state index contributed by atoms with van der Waals surface area (Å²) >= 11 is 5.86. The Labute approximate surface area is 106 Å². The van der Waals surface area contributed by atoms with Crippen molar-refractivity contribution in [3.05, 3.63) is 22.8 Å². The Kier molecular flexibility index (Phi) is 3.67. The van der Waals surface area contributed by atoms with Gasteiger partial charge in [0.2, 0.25) is 0 Å². The van der Waals surface area contributed by atoms with E-state index in [4.69, 9.17) is 17.3 Å². The van der Waals surface area contributed by atoms with Crippen molar-refractivity contribution in [3.8, 4) is 0 Å². The minimum absolute atomic E-state index is 0.0846. The number of ketones is 1. The zero-order valence-corrected chi connectivity index (χ0v) is 10.7. The van der Waals surface area contributed by atoms with Crippen molar-refractivity contribution < 1.29 is 4.79 Å². The molecule has 0 bridgehead atoms. The van der Waals surface area contributed by atoms with E-state index in [0.29, 0.717) is 16.5 Å². The molecule has 2 rings (SSSR count). The zero-order chi connectivity index (χ0) is 12.4. The first-order valence-electron chi connectivity index (χ1n) is 6.03. The number of hydrogen-bond donors (Lipinski definition) is 1. The summed E-state index contributed by atoms with van der Waals surface area (Å²) in [4.78, 5) is 16.3. The SMILES string of the molecule is CC1CCCC(C(=O)c2cc(Cl)cnc2N)C1. The van der Waals surface area contributed by atoms with E-state index in [1.165, 1.54) is 12.6 Å². The second-order valence-electron chi connectivity index (χ2n) is 4.92. The number of anilines is 1. The number of rotatable bonds is 2. The van der Waals surface area contributed by atoms with Gasteiger partial charge in [0.1, 0.15) is 5.82 Å². The summed E-state index contributed by atoms with van der Waals surface area (Å²) in [7, 11) is 0. The normalized spacial score (nSPS) is 24.6. The summed E-state index contributed by atoms with van der Waals surface area (Å²) in [6.07, 6.45) is 5.70. The molecule has 1 aliphatic carbocycles. The average molecular weight is 253 g/mol. The molecule has 17 heavy (non-hydrogen) atoms. The average Bonchev–Trinajstić information content (AvgIpc) is 2.31. The number of nitrogen functional groups attached to an aromatic ring is 1. The Morgan fingerprint density at radius 2 is 2.29 bits per heavy atom. The van der Waals surface area contributed by atoms with Crippen LogP contribution in [0.15, 0.2) is 12.3 Å². The highest BCUT2D eigenvalue weighted by Crippen LogP contribution is 2.32.